The molecule has 1 aliphatic carbocycles. The second-order valence-electron chi connectivity index (χ2n) is 4.70. The molecule has 0 unspecified atom stereocenters. The maximum Gasteiger partial charge on any atom is 0.253 e. The standard InChI is InChI=1S/C13H14BFN2O2/c1-16-11(18)9-4-3-8(7-10(9)15)17-13(12(14)19)5-2-6-13/h3-4,7,17H,2,5-6H2,1H3,(H,16,18). The Morgan fingerprint density at radius 3 is 2.47 bits per heavy atom. The maximum atomic E-state index is 13.8. The van der Waals surface area contributed by atoms with Crippen molar-refractivity contribution >= 4 is 25.1 Å². The third-order valence-electron chi connectivity index (χ3n) is 3.50. The molecular formula is C13H14BFN2O2. The van der Waals surface area contributed by atoms with Gasteiger partial charge in [0.15, 0.2) is 7.85 Å². The fourth-order valence-electron chi connectivity index (χ4n) is 2.15. The molecule has 1 aliphatic rings. The van der Waals surface area contributed by atoms with Crippen LogP contribution < -0.4 is 10.6 Å². The highest BCUT2D eigenvalue weighted by Crippen LogP contribution is 2.35. The summed E-state index contributed by atoms with van der Waals surface area (Å²) >= 11 is 0. The zero-order valence-electron chi connectivity index (χ0n) is 10.6. The van der Waals surface area contributed by atoms with Crippen LogP contribution in [0.1, 0.15) is 29.6 Å². The predicted molar refractivity (Wildman–Crippen MR) is 70.8 cm³/mol. The summed E-state index contributed by atoms with van der Waals surface area (Å²) in [7, 11) is 6.79. The normalized spacial score (nSPS) is 16.3. The lowest BCUT2D eigenvalue weighted by atomic mass is 9.67. The molecule has 98 valence electrons. The highest BCUT2D eigenvalue weighted by atomic mass is 19.1. The number of hydrogen-bond donors (Lipinski definition) is 2. The Bertz CT molecular complexity index is 529. The lowest BCUT2D eigenvalue weighted by Crippen LogP contribution is -2.52. The molecule has 2 rings (SSSR count). The average molecular weight is 260 g/mol. The fraction of sp³-hybridized carbons (Fsp3) is 0.385. The second kappa shape index (κ2) is 5.03. The van der Waals surface area contributed by atoms with Crippen molar-refractivity contribution in [3.63, 3.8) is 0 Å². The van der Waals surface area contributed by atoms with Gasteiger partial charge in [-0.2, -0.15) is 0 Å². The first-order chi connectivity index (χ1) is 8.98. The Hall–Kier alpha value is -1.85. The van der Waals surface area contributed by atoms with Gasteiger partial charge in [0.05, 0.1) is 11.1 Å². The summed E-state index contributed by atoms with van der Waals surface area (Å²) in [6.07, 6.45) is 2.19. The molecular weight excluding hydrogens is 246 g/mol. The van der Waals surface area contributed by atoms with E-state index in [1.807, 2.05) is 0 Å². The summed E-state index contributed by atoms with van der Waals surface area (Å²) in [5, 5.41) is 5.33. The van der Waals surface area contributed by atoms with Gasteiger partial charge in [0, 0.05) is 12.7 Å². The van der Waals surface area contributed by atoms with Crippen LogP contribution in [0.2, 0.25) is 0 Å². The molecule has 0 saturated heterocycles. The van der Waals surface area contributed by atoms with Crippen molar-refractivity contribution in [1.29, 1.82) is 0 Å². The van der Waals surface area contributed by atoms with Crippen LogP contribution in [-0.4, -0.2) is 32.0 Å². The number of benzene rings is 1. The first kappa shape index (κ1) is 13.6. The molecule has 19 heavy (non-hydrogen) atoms. The van der Waals surface area contributed by atoms with Gasteiger partial charge in [-0.3, -0.25) is 4.79 Å². The Morgan fingerprint density at radius 2 is 2.05 bits per heavy atom. The largest absolute Gasteiger partial charge is 0.374 e. The smallest absolute Gasteiger partial charge is 0.253 e. The van der Waals surface area contributed by atoms with E-state index in [9.17, 15) is 14.0 Å². The molecule has 2 N–H and O–H groups in total. The zero-order chi connectivity index (χ0) is 14.0. The van der Waals surface area contributed by atoms with Crippen molar-refractivity contribution in [2.24, 2.45) is 0 Å². The van der Waals surface area contributed by atoms with Crippen molar-refractivity contribution < 1.29 is 14.0 Å². The van der Waals surface area contributed by atoms with E-state index in [1.54, 1.807) is 6.07 Å². The summed E-state index contributed by atoms with van der Waals surface area (Å²) in [6, 6.07) is 4.15. The third kappa shape index (κ3) is 2.48. The third-order valence-corrected chi connectivity index (χ3v) is 3.50. The molecule has 0 aliphatic heterocycles. The lowest BCUT2D eigenvalue weighted by Gasteiger charge is -2.41. The number of carbonyl (C=O) groups is 2. The summed E-state index contributed by atoms with van der Waals surface area (Å²) < 4.78 is 13.8. The van der Waals surface area contributed by atoms with Crippen molar-refractivity contribution in [2.45, 2.75) is 24.8 Å². The predicted octanol–water partition coefficient (Wildman–Crippen LogP) is 1.21. The number of rotatable bonds is 4. The monoisotopic (exact) mass is 260 g/mol. The Labute approximate surface area is 112 Å². The van der Waals surface area contributed by atoms with Gasteiger partial charge in [0.25, 0.3) is 5.91 Å². The molecule has 0 atom stereocenters. The van der Waals surface area contributed by atoms with E-state index < -0.39 is 22.9 Å². The number of amides is 1. The molecule has 0 heterocycles. The summed E-state index contributed by atoms with van der Waals surface area (Å²) in [6.45, 7) is 0. The maximum absolute atomic E-state index is 13.8. The van der Waals surface area contributed by atoms with Crippen molar-refractivity contribution in [1.82, 2.24) is 5.32 Å². The summed E-state index contributed by atoms with van der Waals surface area (Å²) in [5.74, 6) is -1.12. The second-order valence-corrected chi connectivity index (χ2v) is 4.70. The highest BCUT2D eigenvalue weighted by molar-refractivity contribution is 6.60. The van der Waals surface area contributed by atoms with E-state index in [2.05, 4.69) is 10.6 Å². The van der Waals surface area contributed by atoms with Crippen LogP contribution in [-0.2, 0) is 4.79 Å². The van der Waals surface area contributed by atoms with Gasteiger partial charge in [0.1, 0.15) is 11.5 Å². The molecule has 0 bridgehead atoms. The topological polar surface area (TPSA) is 58.2 Å². The first-order valence-electron chi connectivity index (χ1n) is 6.08. The van der Waals surface area contributed by atoms with E-state index in [0.29, 0.717) is 18.5 Å². The SMILES string of the molecule is [B]C(=O)C1(Nc2ccc(C(=O)NC)c(F)c2)CCC1. The fourth-order valence-corrected chi connectivity index (χ4v) is 2.15. The van der Waals surface area contributed by atoms with Gasteiger partial charge in [-0.1, -0.05) is 0 Å². The van der Waals surface area contributed by atoms with Gasteiger partial charge in [-0.25, -0.2) is 4.39 Å². The minimum absolute atomic E-state index is 0.0326. The minimum atomic E-state index is -0.777. The minimum Gasteiger partial charge on any atom is -0.374 e. The first-order valence-corrected chi connectivity index (χ1v) is 6.08. The van der Waals surface area contributed by atoms with Crippen molar-refractivity contribution in [3.05, 3.63) is 29.6 Å². The molecule has 1 saturated carbocycles. The van der Waals surface area contributed by atoms with E-state index in [4.69, 9.17) is 7.85 Å². The van der Waals surface area contributed by atoms with Gasteiger partial charge >= 0.3 is 0 Å². The number of nitrogens with one attached hydrogen (secondary N) is 2. The van der Waals surface area contributed by atoms with Gasteiger partial charge in [-0.15, -0.1) is 0 Å². The summed E-state index contributed by atoms with van der Waals surface area (Å²) in [5.41, 5.74) is -0.797. The van der Waals surface area contributed by atoms with Crippen molar-refractivity contribution in [2.75, 3.05) is 12.4 Å². The molecule has 6 heteroatoms. The Kier molecular flexibility index (Phi) is 3.60. The molecule has 1 aromatic rings. The Morgan fingerprint density at radius 1 is 1.37 bits per heavy atom. The quantitative estimate of drug-likeness (QED) is 0.800. The number of halogens is 1. The lowest BCUT2D eigenvalue weighted by molar-refractivity contribution is -0.118. The van der Waals surface area contributed by atoms with Crippen LogP contribution in [0.3, 0.4) is 0 Å². The Balaban J connectivity index is 2.21. The highest BCUT2D eigenvalue weighted by Gasteiger charge is 2.40. The molecule has 1 amide bonds. The number of anilines is 1. The van der Waals surface area contributed by atoms with Crippen LogP contribution in [0.5, 0.6) is 0 Å². The van der Waals surface area contributed by atoms with Gasteiger partial charge < -0.3 is 15.4 Å². The van der Waals surface area contributed by atoms with Crippen LogP contribution in [0.25, 0.3) is 0 Å². The molecule has 1 aromatic carbocycles. The van der Waals surface area contributed by atoms with E-state index in [-0.39, 0.29) is 5.56 Å². The molecule has 1 fully saturated rings. The van der Waals surface area contributed by atoms with Crippen LogP contribution >= 0.6 is 0 Å². The van der Waals surface area contributed by atoms with Crippen LogP contribution in [0, 0.1) is 5.82 Å². The van der Waals surface area contributed by atoms with Gasteiger partial charge in [-0.05, 0) is 37.5 Å². The average Bonchev–Trinajstić information content (AvgIpc) is 2.32. The molecule has 0 aromatic heterocycles. The summed E-state index contributed by atoms with van der Waals surface area (Å²) in [4.78, 5) is 22.8. The molecule has 2 radical (unpaired) electrons. The van der Waals surface area contributed by atoms with E-state index in [1.165, 1.54) is 19.2 Å². The van der Waals surface area contributed by atoms with E-state index in [0.717, 1.165) is 6.42 Å². The van der Waals surface area contributed by atoms with Gasteiger partial charge in [0.2, 0.25) is 0 Å². The zero-order valence-corrected chi connectivity index (χ0v) is 10.6. The van der Waals surface area contributed by atoms with Crippen molar-refractivity contribution in [3.8, 4) is 0 Å². The van der Waals surface area contributed by atoms with Crippen LogP contribution in [0.15, 0.2) is 18.2 Å². The van der Waals surface area contributed by atoms with Crippen LogP contribution in [0.4, 0.5) is 10.1 Å². The number of carbonyl (C=O) groups excluding carboxylic acids is 2. The molecule has 4 nitrogen and oxygen atoms in total. The number of hydrogen-bond acceptors (Lipinski definition) is 3. The van der Waals surface area contributed by atoms with E-state index >= 15 is 0 Å². The molecule has 0 spiro atoms.